The van der Waals surface area contributed by atoms with Crippen molar-refractivity contribution in [1.82, 2.24) is 0 Å². The van der Waals surface area contributed by atoms with Crippen molar-refractivity contribution in [3.8, 4) is 0 Å². The number of nitrogens with two attached hydrogens (primary N) is 1. The van der Waals surface area contributed by atoms with Gasteiger partial charge in [0.25, 0.3) is 0 Å². The molecular weight excluding hydrogens is 262 g/mol. The molecule has 0 aliphatic carbocycles. The first-order valence-electron chi connectivity index (χ1n) is 7.98. The van der Waals surface area contributed by atoms with Crippen molar-refractivity contribution in [2.45, 2.75) is 32.6 Å². The summed E-state index contributed by atoms with van der Waals surface area (Å²) < 4.78 is 0. The second-order valence-corrected chi connectivity index (χ2v) is 5.85. The first-order chi connectivity index (χ1) is 10.2. The minimum atomic E-state index is 0.242. The Kier molecular flexibility index (Phi) is 5.62. The van der Waals surface area contributed by atoms with E-state index < -0.39 is 0 Å². The molecule has 0 spiro atoms. The molecule has 1 heterocycles. The number of benzene rings is 1. The van der Waals surface area contributed by atoms with Gasteiger partial charge in [-0.1, -0.05) is 25.5 Å². The van der Waals surface area contributed by atoms with E-state index in [0.717, 1.165) is 43.7 Å². The van der Waals surface area contributed by atoms with Gasteiger partial charge in [0.15, 0.2) is 0 Å². The van der Waals surface area contributed by atoms with Gasteiger partial charge in [-0.2, -0.15) is 0 Å². The van der Waals surface area contributed by atoms with Crippen LogP contribution < -0.4 is 15.5 Å². The maximum absolute atomic E-state index is 12.6. The van der Waals surface area contributed by atoms with Gasteiger partial charge >= 0.3 is 0 Å². The van der Waals surface area contributed by atoms with Gasteiger partial charge in [0.1, 0.15) is 0 Å². The molecule has 1 aromatic rings. The van der Waals surface area contributed by atoms with Crippen molar-refractivity contribution in [3.63, 3.8) is 0 Å². The lowest BCUT2D eigenvalue weighted by Crippen LogP contribution is -2.42. The number of para-hydroxylation sites is 2. The summed E-state index contributed by atoms with van der Waals surface area (Å²) in [7, 11) is 2.08. The molecule has 1 amide bonds. The zero-order valence-corrected chi connectivity index (χ0v) is 13.2. The van der Waals surface area contributed by atoms with Crippen LogP contribution in [0.2, 0.25) is 0 Å². The summed E-state index contributed by atoms with van der Waals surface area (Å²) in [4.78, 5) is 16.7. The Hall–Kier alpha value is -1.55. The van der Waals surface area contributed by atoms with Crippen LogP contribution in [-0.2, 0) is 4.79 Å². The van der Waals surface area contributed by atoms with Gasteiger partial charge < -0.3 is 15.5 Å². The van der Waals surface area contributed by atoms with E-state index in [1.54, 1.807) is 0 Å². The van der Waals surface area contributed by atoms with Gasteiger partial charge in [-0.05, 0) is 37.4 Å². The highest BCUT2D eigenvalue weighted by atomic mass is 16.2. The van der Waals surface area contributed by atoms with Gasteiger partial charge in [-0.15, -0.1) is 0 Å². The maximum Gasteiger partial charge on any atom is 0.227 e. The number of amides is 1. The predicted molar refractivity (Wildman–Crippen MR) is 88.8 cm³/mol. The SMILES string of the molecule is CCC(CCN)CCC(=O)N1CCN(C)c2ccccc21. The highest BCUT2D eigenvalue weighted by molar-refractivity contribution is 5.97. The molecule has 2 rings (SSSR count). The van der Waals surface area contributed by atoms with E-state index >= 15 is 0 Å². The number of carbonyl (C=O) groups is 1. The zero-order chi connectivity index (χ0) is 15.2. The largest absolute Gasteiger partial charge is 0.371 e. The van der Waals surface area contributed by atoms with Crippen LogP contribution in [0, 0.1) is 5.92 Å². The van der Waals surface area contributed by atoms with E-state index in [4.69, 9.17) is 5.73 Å². The molecule has 1 aliphatic rings. The zero-order valence-electron chi connectivity index (χ0n) is 13.2. The number of hydrogen-bond donors (Lipinski definition) is 1. The van der Waals surface area contributed by atoms with E-state index in [0.29, 0.717) is 18.9 Å². The molecule has 0 saturated heterocycles. The van der Waals surface area contributed by atoms with Gasteiger partial charge in [-0.3, -0.25) is 4.79 Å². The minimum Gasteiger partial charge on any atom is -0.371 e. The van der Waals surface area contributed by atoms with Crippen molar-refractivity contribution in [1.29, 1.82) is 0 Å². The number of nitrogens with zero attached hydrogens (tertiary/aromatic N) is 2. The van der Waals surface area contributed by atoms with Gasteiger partial charge in [0.05, 0.1) is 11.4 Å². The molecule has 0 radical (unpaired) electrons. The smallest absolute Gasteiger partial charge is 0.227 e. The van der Waals surface area contributed by atoms with Crippen molar-refractivity contribution in [2.75, 3.05) is 36.5 Å². The van der Waals surface area contributed by atoms with Crippen molar-refractivity contribution >= 4 is 17.3 Å². The summed E-state index contributed by atoms with van der Waals surface area (Å²) in [5.74, 6) is 0.813. The monoisotopic (exact) mass is 289 g/mol. The first-order valence-corrected chi connectivity index (χ1v) is 7.98. The summed E-state index contributed by atoms with van der Waals surface area (Å²) in [6.45, 7) is 4.56. The van der Waals surface area contributed by atoms with Gasteiger partial charge in [0, 0.05) is 26.6 Å². The summed E-state index contributed by atoms with van der Waals surface area (Å²) in [6, 6.07) is 8.15. The quantitative estimate of drug-likeness (QED) is 0.876. The lowest BCUT2D eigenvalue weighted by Gasteiger charge is -2.35. The van der Waals surface area contributed by atoms with E-state index in [9.17, 15) is 4.79 Å². The fraction of sp³-hybridized carbons (Fsp3) is 0.588. The van der Waals surface area contributed by atoms with Crippen LogP contribution in [0.4, 0.5) is 11.4 Å². The Balaban J connectivity index is 2.02. The highest BCUT2D eigenvalue weighted by Gasteiger charge is 2.24. The van der Waals surface area contributed by atoms with E-state index in [1.807, 2.05) is 23.1 Å². The number of carbonyl (C=O) groups excluding carboxylic acids is 1. The van der Waals surface area contributed by atoms with Crippen LogP contribution in [0.5, 0.6) is 0 Å². The first kappa shape index (κ1) is 15.8. The molecule has 21 heavy (non-hydrogen) atoms. The van der Waals surface area contributed by atoms with Crippen LogP contribution in [0.15, 0.2) is 24.3 Å². The molecule has 4 nitrogen and oxygen atoms in total. The number of rotatable bonds is 6. The second kappa shape index (κ2) is 7.46. The number of hydrogen-bond acceptors (Lipinski definition) is 3. The second-order valence-electron chi connectivity index (χ2n) is 5.85. The normalized spacial score (nSPS) is 15.8. The van der Waals surface area contributed by atoms with Crippen molar-refractivity contribution in [3.05, 3.63) is 24.3 Å². The number of fused-ring (bicyclic) bond motifs is 1. The predicted octanol–water partition coefficient (Wildman–Crippen LogP) is 2.62. The third-order valence-corrected chi connectivity index (χ3v) is 4.46. The van der Waals surface area contributed by atoms with Crippen LogP contribution in [0.25, 0.3) is 0 Å². The molecule has 0 aromatic heterocycles. The summed E-state index contributed by atoms with van der Waals surface area (Å²) in [5, 5.41) is 0. The molecule has 0 bridgehead atoms. The van der Waals surface area contributed by atoms with E-state index in [-0.39, 0.29) is 5.91 Å². The maximum atomic E-state index is 12.6. The average Bonchev–Trinajstić information content (AvgIpc) is 2.51. The Morgan fingerprint density at radius 1 is 1.24 bits per heavy atom. The molecule has 1 unspecified atom stereocenters. The van der Waals surface area contributed by atoms with Crippen molar-refractivity contribution in [2.24, 2.45) is 11.7 Å². The molecule has 1 atom stereocenters. The Morgan fingerprint density at radius 2 is 1.95 bits per heavy atom. The molecule has 2 N–H and O–H groups in total. The van der Waals surface area contributed by atoms with Crippen LogP contribution in [-0.4, -0.2) is 32.6 Å². The third kappa shape index (κ3) is 3.76. The van der Waals surface area contributed by atoms with Gasteiger partial charge in [-0.25, -0.2) is 0 Å². The Labute approximate surface area is 127 Å². The molecule has 0 fully saturated rings. The highest BCUT2D eigenvalue weighted by Crippen LogP contribution is 2.32. The average molecular weight is 289 g/mol. The standard InChI is InChI=1S/C17H27N3O/c1-3-14(10-11-18)8-9-17(21)20-13-12-19(2)15-6-4-5-7-16(15)20/h4-7,14H,3,8-13,18H2,1-2H3. The number of anilines is 2. The topological polar surface area (TPSA) is 49.6 Å². The molecule has 116 valence electrons. The lowest BCUT2D eigenvalue weighted by atomic mass is 9.96. The molecule has 4 heteroatoms. The van der Waals surface area contributed by atoms with Crippen LogP contribution in [0.1, 0.15) is 32.6 Å². The van der Waals surface area contributed by atoms with E-state index in [2.05, 4.69) is 24.9 Å². The minimum absolute atomic E-state index is 0.242. The van der Waals surface area contributed by atoms with Crippen LogP contribution in [0.3, 0.4) is 0 Å². The lowest BCUT2D eigenvalue weighted by molar-refractivity contribution is -0.118. The Morgan fingerprint density at radius 3 is 2.62 bits per heavy atom. The molecular formula is C17H27N3O. The van der Waals surface area contributed by atoms with Crippen molar-refractivity contribution < 1.29 is 4.79 Å². The molecule has 1 aromatic carbocycles. The number of likely N-dealkylation sites (N-methyl/N-ethyl adjacent to an activating group) is 1. The summed E-state index contributed by atoms with van der Waals surface area (Å²) in [5.41, 5.74) is 7.82. The molecule has 0 saturated carbocycles. The summed E-state index contributed by atoms with van der Waals surface area (Å²) in [6.07, 6.45) is 3.69. The Bertz CT molecular complexity index is 475. The fourth-order valence-corrected chi connectivity index (χ4v) is 3.02. The van der Waals surface area contributed by atoms with Crippen LogP contribution >= 0.6 is 0 Å². The van der Waals surface area contributed by atoms with Gasteiger partial charge in [0.2, 0.25) is 5.91 Å². The van der Waals surface area contributed by atoms with E-state index in [1.165, 1.54) is 0 Å². The fourth-order valence-electron chi connectivity index (χ4n) is 3.02. The summed E-state index contributed by atoms with van der Waals surface area (Å²) >= 11 is 0. The third-order valence-electron chi connectivity index (χ3n) is 4.46. The molecule has 1 aliphatic heterocycles.